The summed E-state index contributed by atoms with van der Waals surface area (Å²) in [5.41, 5.74) is 4.08. The van der Waals surface area contributed by atoms with Gasteiger partial charge in [0.2, 0.25) is 0 Å². The highest BCUT2D eigenvalue weighted by atomic mass is 16.5. The summed E-state index contributed by atoms with van der Waals surface area (Å²) in [5, 5.41) is 10.6. The fourth-order valence-corrected chi connectivity index (χ4v) is 3.43. The summed E-state index contributed by atoms with van der Waals surface area (Å²) in [6.07, 6.45) is 5.92. The molecule has 1 N–H and O–H groups in total. The molecule has 1 saturated carbocycles. The molecule has 2 nitrogen and oxygen atoms in total. The Morgan fingerprint density at radius 2 is 1.82 bits per heavy atom. The summed E-state index contributed by atoms with van der Waals surface area (Å²) in [4.78, 5) is 0. The molecule has 4 rings (SSSR count). The molecule has 0 atom stereocenters. The first-order valence-corrected chi connectivity index (χ1v) is 7.98. The van der Waals surface area contributed by atoms with Crippen LogP contribution < -0.4 is 4.74 Å². The van der Waals surface area contributed by atoms with Gasteiger partial charge in [-0.15, -0.1) is 0 Å². The molecule has 0 bridgehead atoms. The Balaban J connectivity index is 1.57. The minimum atomic E-state index is -0.594. The van der Waals surface area contributed by atoms with Crippen molar-refractivity contribution in [1.29, 1.82) is 0 Å². The largest absolute Gasteiger partial charge is 0.489 e. The lowest BCUT2D eigenvalue weighted by atomic mass is 9.73. The van der Waals surface area contributed by atoms with Crippen LogP contribution in [0, 0.1) is 0 Å². The first-order valence-electron chi connectivity index (χ1n) is 7.98. The number of rotatable bonds is 4. The SMILES string of the molecule is OC1(C2=CCc3c(OCc4ccccc4)cccc32)CCC1. The first-order chi connectivity index (χ1) is 10.8. The maximum Gasteiger partial charge on any atom is 0.123 e. The second-order valence-corrected chi connectivity index (χ2v) is 6.26. The van der Waals surface area contributed by atoms with E-state index in [0.29, 0.717) is 6.61 Å². The third-order valence-corrected chi connectivity index (χ3v) is 4.85. The Kier molecular flexibility index (Phi) is 3.27. The number of allylic oxidation sites excluding steroid dienone is 1. The van der Waals surface area contributed by atoms with Crippen LogP contribution in [0.25, 0.3) is 5.57 Å². The zero-order valence-corrected chi connectivity index (χ0v) is 12.6. The van der Waals surface area contributed by atoms with Crippen molar-refractivity contribution in [2.24, 2.45) is 0 Å². The number of fused-ring (bicyclic) bond motifs is 1. The third-order valence-electron chi connectivity index (χ3n) is 4.85. The molecule has 2 aromatic carbocycles. The molecule has 1 fully saturated rings. The zero-order chi connectivity index (χ0) is 15.0. The predicted octanol–water partition coefficient (Wildman–Crippen LogP) is 4.12. The molecule has 0 spiro atoms. The van der Waals surface area contributed by atoms with Crippen LogP contribution in [0.5, 0.6) is 5.75 Å². The number of hydrogen-bond acceptors (Lipinski definition) is 2. The lowest BCUT2D eigenvalue weighted by molar-refractivity contribution is 0.0246. The summed E-state index contributed by atoms with van der Waals surface area (Å²) < 4.78 is 6.03. The van der Waals surface area contributed by atoms with Gasteiger partial charge in [0.05, 0.1) is 5.60 Å². The van der Waals surface area contributed by atoms with E-state index in [1.165, 1.54) is 16.7 Å². The van der Waals surface area contributed by atoms with Crippen LogP contribution >= 0.6 is 0 Å². The van der Waals surface area contributed by atoms with E-state index in [-0.39, 0.29) is 0 Å². The van der Waals surface area contributed by atoms with Crippen LogP contribution in [-0.2, 0) is 13.0 Å². The minimum absolute atomic E-state index is 0.580. The smallest absolute Gasteiger partial charge is 0.123 e. The van der Waals surface area contributed by atoms with E-state index in [2.05, 4.69) is 24.3 Å². The second-order valence-electron chi connectivity index (χ2n) is 6.26. The molecule has 0 radical (unpaired) electrons. The Morgan fingerprint density at radius 1 is 1.00 bits per heavy atom. The predicted molar refractivity (Wildman–Crippen MR) is 87.7 cm³/mol. The van der Waals surface area contributed by atoms with Crippen molar-refractivity contribution in [3.05, 3.63) is 71.3 Å². The highest BCUT2D eigenvalue weighted by molar-refractivity contribution is 5.80. The van der Waals surface area contributed by atoms with Gasteiger partial charge in [0.1, 0.15) is 12.4 Å². The Hall–Kier alpha value is -2.06. The van der Waals surface area contributed by atoms with Crippen molar-refractivity contribution in [2.75, 3.05) is 0 Å². The van der Waals surface area contributed by atoms with Gasteiger partial charge in [0.15, 0.2) is 0 Å². The van der Waals surface area contributed by atoms with Crippen LogP contribution in [0.4, 0.5) is 0 Å². The lowest BCUT2D eigenvalue weighted by Gasteiger charge is -2.38. The van der Waals surface area contributed by atoms with Gasteiger partial charge in [0, 0.05) is 5.56 Å². The van der Waals surface area contributed by atoms with E-state index in [1.54, 1.807) is 0 Å². The topological polar surface area (TPSA) is 29.5 Å². The van der Waals surface area contributed by atoms with Crippen LogP contribution in [0.15, 0.2) is 54.6 Å². The van der Waals surface area contributed by atoms with Crippen LogP contribution in [0.1, 0.15) is 36.0 Å². The zero-order valence-electron chi connectivity index (χ0n) is 12.6. The molecular formula is C20H20O2. The van der Waals surface area contributed by atoms with E-state index in [4.69, 9.17) is 4.74 Å². The molecule has 0 saturated heterocycles. The van der Waals surface area contributed by atoms with Crippen molar-refractivity contribution >= 4 is 5.57 Å². The van der Waals surface area contributed by atoms with Crippen molar-refractivity contribution in [1.82, 2.24) is 0 Å². The van der Waals surface area contributed by atoms with Crippen molar-refractivity contribution in [3.8, 4) is 5.75 Å². The van der Waals surface area contributed by atoms with E-state index < -0.39 is 5.60 Å². The molecule has 0 aromatic heterocycles. The van der Waals surface area contributed by atoms with Crippen LogP contribution in [0.3, 0.4) is 0 Å². The molecule has 22 heavy (non-hydrogen) atoms. The summed E-state index contributed by atoms with van der Waals surface area (Å²) in [6, 6.07) is 16.4. The molecule has 2 aromatic rings. The monoisotopic (exact) mass is 292 g/mol. The molecular weight excluding hydrogens is 272 g/mol. The Labute approximate surface area is 131 Å². The Morgan fingerprint density at radius 3 is 2.55 bits per heavy atom. The van der Waals surface area contributed by atoms with Crippen molar-refractivity contribution < 1.29 is 9.84 Å². The normalized spacial score (nSPS) is 18.3. The summed E-state index contributed by atoms with van der Waals surface area (Å²) >= 11 is 0. The highest BCUT2D eigenvalue weighted by Gasteiger charge is 2.41. The first kappa shape index (κ1) is 13.6. The fourth-order valence-electron chi connectivity index (χ4n) is 3.43. The highest BCUT2D eigenvalue weighted by Crippen LogP contribution is 2.47. The molecule has 0 amide bonds. The third kappa shape index (κ3) is 2.24. The van der Waals surface area contributed by atoms with Crippen molar-refractivity contribution in [3.63, 3.8) is 0 Å². The van der Waals surface area contributed by atoms with Gasteiger partial charge >= 0.3 is 0 Å². The molecule has 0 unspecified atom stereocenters. The quantitative estimate of drug-likeness (QED) is 0.918. The van der Waals surface area contributed by atoms with E-state index >= 15 is 0 Å². The van der Waals surface area contributed by atoms with E-state index in [1.807, 2.05) is 30.3 Å². The number of hydrogen-bond donors (Lipinski definition) is 1. The van der Waals surface area contributed by atoms with Gasteiger partial charge in [-0.05, 0) is 48.4 Å². The molecule has 2 aliphatic rings. The number of aliphatic hydroxyl groups is 1. The lowest BCUT2D eigenvalue weighted by Crippen LogP contribution is -2.37. The van der Waals surface area contributed by atoms with E-state index in [0.717, 1.165) is 37.0 Å². The molecule has 0 aliphatic heterocycles. The second kappa shape index (κ2) is 5.29. The molecule has 2 aliphatic carbocycles. The molecule has 112 valence electrons. The Bertz CT molecular complexity index is 712. The van der Waals surface area contributed by atoms with Gasteiger partial charge in [-0.1, -0.05) is 48.5 Å². The summed E-state index contributed by atoms with van der Waals surface area (Å²) in [6.45, 7) is 0.580. The average Bonchev–Trinajstić information content (AvgIpc) is 2.96. The van der Waals surface area contributed by atoms with Gasteiger partial charge in [0.25, 0.3) is 0 Å². The van der Waals surface area contributed by atoms with Crippen LogP contribution in [-0.4, -0.2) is 10.7 Å². The van der Waals surface area contributed by atoms with Gasteiger partial charge in [-0.2, -0.15) is 0 Å². The standard InChI is InChI=1S/C20H20O2/c21-20(12-5-13-20)18-11-10-17-16(18)8-4-9-19(17)22-14-15-6-2-1-3-7-15/h1-4,6-9,11,21H,5,10,12-14H2. The number of benzene rings is 2. The van der Waals surface area contributed by atoms with Gasteiger partial charge in [-0.25, -0.2) is 0 Å². The average molecular weight is 292 g/mol. The van der Waals surface area contributed by atoms with E-state index in [9.17, 15) is 5.11 Å². The maximum absolute atomic E-state index is 10.6. The summed E-state index contributed by atoms with van der Waals surface area (Å²) in [7, 11) is 0. The minimum Gasteiger partial charge on any atom is -0.489 e. The fraction of sp³-hybridized carbons (Fsp3) is 0.300. The van der Waals surface area contributed by atoms with Gasteiger partial charge < -0.3 is 9.84 Å². The van der Waals surface area contributed by atoms with Gasteiger partial charge in [-0.3, -0.25) is 0 Å². The molecule has 0 heterocycles. The molecule has 2 heteroatoms. The van der Waals surface area contributed by atoms with Crippen LogP contribution in [0.2, 0.25) is 0 Å². The number of ether oxygens (including phenoxy) is 1. The van der Waals surface area contributed by atoms with Crippen molar-refractivity contribution in [2.45, 2.75) is 37.9 Å². The summed E-state index contributed by atoms with van der Waals surface area (Å²) in [5.74, 6) is 0.940. The maximum atomic E-state index is 10.6.